The van der Waals surface area contributed by atoms with Gasteiger partial charge in [0.2, 0.25) is 0 Å². The topological polar surface area (TPSA) is 56.6 Å². The predicted octanol–water partition coefficient (Wildman–Crippen LogP) is 1.35. The third-order valence-corrected chi connectivity index (χ3v) is 3.67. The van der Waals surface area contributed by atoms with E-state index in [0.717, 1.165) is 19.2 Å². The average Bonchev–Trinajstić information content (AvgIpc) is 2.68. The summed E-state index contributed by atoms with van der Waals surface area (Å²) in [5, 5.41) is 20.1. The van der Waals surface area contributed by atoms with Crippen molar-refractivity contribution in [3.05, 3.63) is 29.8 Å². The molecule has 1 saturated heterocycles. The molecular formula is C14H21FN2O2. The molecule has 0 aliphatic carbocycles. The van der Waals surface area contributed by atoms with Crippen LogP contribution in [0.15, 0.2) is 18.3 Å². The Morgan fingerprint density at radius 2 is 2.26 bits per heavy atom. The van der Waals surface area contributed by atoms with Gasteiger partial charge >= 0.3 is 0 Å². The highest BCUT2D eigenvalue weighted by atomic mass is 19.1. The summed E-state index contributed by atoms with van der Waals surface area (Å²) in [6, 6.07) is 2.82. The molecule has 0 amide bonds. The van der Waals surface area contributed by atoms with E-state index in [0.29, 0.717) is 18.8 Å². The molecule has 1 aromatic heterocycles. The van der Waals surface area contributed by atoms with Crippen molar-refractivity contribution in [2.45, 2.75) is 32.0 Å². The van der Waals surface area contributed by atoms with Crippen LogP contribution in [0.3, 0.4) is 0 Å². The first kappa shape index (κ1) is 14.4. The van der Waals surface area contributed by atoms with Gasteiger partial charge in [-0.2, -0.15) is 0 Å². The van der Waals surface area contributed by atoms with Crippen molar-refractivity contribution in [2.75, 3.05) is 19.6 Å². The Hall–Kier alpha value is -1.04. The number of β-amino-alcohol motifs (C(OH)–C–C–N with tert-alkyl or cyclic N) is 1. The molecule has 3 atom stereocenters. The zero-order valence-corrected chi connectivity index (χ0v) is 11.4. The number of nitrogens with zero attached hydrogens (tertiary/aromatic N) is 2. The van der Waals surface area contributed by atoms with Gasteiger partial charge in [-0.25, -0.2) is 4.39 Å². The van der Waals surface area contributed by atoms with E-state index in [-0.39, 0.29) is 5.92 Å². The predicted molar refractivity (Wildman–Crippen MR) is 70.0 cm³/mol. The molecule has 1 aromatic rings. The second-order valence-electron chi connectivity index (χ2n) is 5.81. The van der Waals surface area contributed by atoms with Gasteiger partial charge < -0.3 is 15.1 Å². The lowest BCUT2D eigenvalue weighted by molar-refractivity contribution is 0.0550. The van der Waals surface area contributed by atoms with E-state index in [1.54, 1.807) is 0 Å². The van der Waals surface area contributed by atoms with Crippen LogP contribution in [0, 0.1) is 11.7 Å². The maximum Gasteiger partial charge on any atom is 0.141 e. The maximum atomic E-state index is 12.8. The van der Waals surface area contributed by atoms with E-state index in [2.05, 4.69) is 9.88 Å². The van der Waals surface area contributed by atoms with Crippen LogP contribution in [-0.2, 0) is 0 Å². The Morgan fingerprint density at radius 3 is 2.79 bits per heavy atom. The fourth-order valence-electron chi connectivity index (χ4n) is 2.56. The molecule has 0 bridgehead atoms. The fourth-order valence-corrected chi connectivity index (χ4v) is 2.56. The van der Waals surface area contributed by atoms with Gasteiger partial charge in [-0.3, -0.25) is 4.98 Å². The third-order valence-electron chi connectivity index (χ3n) is 3.67. The first-order valence-electron chi connectivity index (χ1n) is 6.62. The molecule has 2 rings (SSSR count). The standard InChI is InChI=1S/C14H21FN2O2/c1-10(8-17-6-5-14(2,19)9-17)13(18)12-4-3-11(15)7-16-12/h3-4,7,10,13,18-19H,5-6,8-9H2,1-2H3. The summed E-state index contributed by atoms with van der Waals surface area (Å²) < 4.78 is 12.8. The molecule has 5 heteroatoms. The van der Waals surface area contributed by atoms with E-state index in [1.807, 2.05) is 13.8 Å². The number of aromatic nitrogens is 1. The Balaban J connectivity index is 1.92. The smallest absolute Gasteiger partial charge is 0.141 e. The van der Waals surface area contributed by atoms with Crippen LogP contribution in [0.5, 0.6) is 0 Å². The second kappa shape index (κ2) is 5.53. The SMILES string of the molecule is CC(CN1CCC(C)(O)C1)C(O)c1ccc(F)cn1. The van der Waals surface area contributed by atoms with Gasteiger partial charge in [-0.1, -0.05) is 6.92 Å². The molecule has 106 valence electrons. The molecule has 0 aromatic carbocycles. The van der Waals surface area contributed by atoms with Crippen LogP contribution in [0.1, 0.15) is 32.1 Å². The molecule has 0 saturated carbocycles. The largest absolute Gasteiger partial charge is 0.389 e. The van der Waals surface area contributed by atoms with Crippen molar-refractivity contribution in [1.29, 1.82) is 0 Å². The zero-order valence-electron chi connectivity index (χ0n) is 11.4. The molecule has 3 unspecified atom stereocenters. The Bertz CT molecular complexity index is 422. The van der Waals surface area contributed by atoms with Gasteiger partial charge in [0.1, 0.15) is 5.82 Å². The monoisotopic (exact) mass is 268 g/mol. The van der Waals surface area contributed by atoms with E-state index in [4.69, 9.17) is 0 Å². The van der Waals surface area contributed by atoms with E-state index in [9.17, 15) is 14.6 Å². The summed E-state index contributed by atoms with van der Waals surface area (Å²) in [6.07, 6.45) is 1.16. The molecule has 19 heavy (non-hydrogen) atoms. The molecule has 2 N–H and O–H groups in total. The Morgan fingerprint density at radius 1 is 1.53 bits per heavy atom. The molecule has 4 nitrogen and oxygen atoms in total. The minimum atomic E-state index is -0.717. The average molecular weight is 268 g/mol. The van der Waals surface area contributed by atoms with Gasteiger partial charge in [0, 0.05) is 25.6 Å². The van der Waals surface area contributed by atoms with E-state index < -0.39 is 17.5 Å². The van der Waals surface area contributed by atoms with Crippen LogP contribution in [0.2, 0.25) is 0 Å². The molecular weight excluding hydrogens is 247 g/mol. The highest BCUT2D eigenvalue weighted by Gasteiger charge is 2.32. The third kappa shape index (κ3) is 3.72. The number of hydrogen-bond acceptors (Lipinski definition) is 4. The maximum absolute atomic E-state index is 12.8. The zero-order chi connectivity index (χ0) is 14.0. The lowest BCUT2D eigenvalue weighted by Gasteiger charge is -2.25. The Labute approximate surface area is 112 Å². The number of aliphatic hydroxyl groups is 2. The number of aliphatic hydroxyl groups excluding tert-OH is 1. The van der Waals surface area contributed by atoms with Crippen LogP contribution in [0.25, 0.3) is 0 Å². The number of likely N-dealkylation sites (tertiary alicyclic amines) is 1. The van der Waals surface area contributed by atoms with Crippen molar-refractivity contribution in [3.63, 3.8) is 0 Å². The molecule has 2 heterocycles. The van der Waals surface area contributed by atoms with Crippen molar-refractivity contribution in [2.24, 2.45) is 5.92 Å². The number of rotatable bonds is 4. The first-order chi connectivity index (χ1) is 8.87. The minimum absolute atomic E-state index is 0.0214. The van der Waals surface area contributed by atoms with Crippen molar-refractivity contribution >= 4 is 0 Å². The quantitative estimate of drug-likeness (QED) is 0.865. The lowest BCUT2D eigenvalue weighted by atomic mass is 10.0. The van der Waals surface area contributed by atoms with Crippen molar-refractivity contribution in [1.82, 2.24) is 9.88 Å². The van der Waals surface area contributed by atoms with Crippen molar-refractivity contribution in [3.8, 4) is 0 Å². The molecule has 1 fully saturated rings. The van der Waals surface area contributed by atoms with Gasteiger partial charge in [0.05, 0.1) is 23.6 Å². The summed E-state index contributed by atoms with van der Waals surface area (Å²) in [5.41, 5.74) is -0.140. The highest BCUT2D eigenvalue weighted by Crippen LogP contribution is 2.25. The first-order valence-corrected chi connectivity index (χ1v) is 6.62. The van der Waals surface area contributed by atoms with E-state index >= 15 is 0 Å². The Kier molecular flexibility index (Phi) is 4.18. The van der Waals surface area contributed by atoms with Crippen LogP contribution >= 0.6 is 0 Å². The minimum Gasteiger partial charge on any atom is -0.389 e. The van der Waals surface area contributed by atoms with Crippen LogP contribution < -0.4 is 0 Å². The number of hydrogen-bond donors (Lipinski definition) is 2. The molecule has 0 radical (unpaired) electrons. The molecule has 1 aliphatic rings. The van der Waals surface area contributed by atoms with Crippen molar-refractivity contribution < 1.29 is 14.6 Å². The summed E-state index contributed by atoms with van der Waals surface area (Å²) in [5.74, 6) is -0.425. The summed E-state index contributed by atoms with van der Waals surface area (Å²) in [4.78, 5) is 6.05. The fraction of sp³-hybridized carbons (Fsp3) is 0.643. The molecule has 1 aliphatic heterocycles. The summed E-state index contributed by atoms with van der Waals surface area (Å²) in [6.45, 7) is 5.91. The van der Waals surface area contributed by atoms with E-state index in [1.165, 1.54) is 12.1 Å². The summed E-state index contributed by atoms with van der Waals surface area (Å²) in [7, 11) is 0. The number of pyridine rings is 1. The van der Waals surface area contributed by atoms with Gasteiger partial charge in [0.25, 0.3) is 0 Å². The normalized spacial score (nSPS) is 27.4. The molecule has 0 spiro atoms. The number of halogens is 1. The van der Waals surface area contributed by atoms with Crippen LogP contribution in [0.4, 0.5) is 4.39 Å². The van der Waals surface area contributed by atoms with Gasteiger partial charge in [-0.15, -0.1) is 0 Å². The highest BCUT2D eigenvalue weighted by molar-refractivity contribution is 5.09. The van der Waals surface area contributed by atoms with Crippen LogP contribution in [-0.4, -0.2) is 45.3 Å². The second-order valence-corrected chi connectivity index (χ2v) is 5.81. The summed E-state index contributed by atoms with van der Waals surface area (Å²) >= 11 is 0. The van der Waals surface area contributed by atoms with Gasteiger partial charge in [-0.05, 0) is 25.5 Å². The van der Waals surface area contributed by atoms with Gasteiger partial charge in [0.15, 0.2) is 0 Å². The lowest BCUT2D eigenvalue weighted by Crippen LogP contribution is -2.33.